The predicted octanol–water partition coefficient (Wildman–Crippen LogP) is 1.94. The first-order chi connectivity index (χ1) is 9.20. The number of piperidine rings is 1. The lowest BCUT2D eigenvalue weighted by molar-refractivity contribution is -0.00929. The van der Waals surface area contributed by atoms with Crippen LogP contribution in [0.15, 0.2) is 18.2 Å². The second-order valence-electron chi connectivity index (χ2n) is 4.77. The maximum atomic E-state index is 13.5. The molecule has 0 bridgehead atoms. The van der Waals surface area contributed by atoms with Crippen LogP contribution in [0.5, 0.6) is 0 Å². The molecule has 3 nitrogen and oxygen atoms in total. The Labute approximate surface area is 111 Å². The zero-order chi connectivity index (χ0) is 13.7. The van der Waals surface area contributed by atoms with Crippen LogP contribution < -0.4 is 0 Å². The molecule has 0 amide bonds. The predicted molar refractivity (Wildman–Crippen MR) is 67.7 cm³/mol. The molecule has 0 radical (unpaired) electrons. The molecule has 5 heteroatoms. The minimum atomic E-state index is -0.487. The van der Waals surface area contributed by atoms with E-state index >= 15 is 0 Å². The fraction of sp³-hybridized carbons (Fsp3) is 0.571. The van der Waals surface area contributed by atoms with E-state index in [0.717, 1.165) is 25.9 Å². The van der Waals surface area contributed by atoms with Gasteiger partial charge in [-0.1, -0.05) is 6.07 Å². The first-order valence-electron chi connectivity index (χ1n) is 6.58. The first-order valence-corrected chi connectivity index (χ1v) is 6.58. The summed E-state index contributed by atoms with van der Waals surface area (Å²) >= 11 is 0. The Morgan fingerprint density at radius 2 is 1.84 bits per heavy atom. The molecule has 1 fully saturated rings. The number of halogens is 2. The molecular weight excluding hydrogens is 252 g/mol. The molecule has 1 aromatic rings. The fourth-order valence-electron chi connectivity index (χ4n) is 2.36. The Hall–Kier alpha value is -1.04. The molecule has 0 atom stereocenters. The summed E-state index contributed by atoms with van der Waals surface area (Å²) in [6.45, 7) is 2.19. The van der Waals surface area contributed by atoms with Crippen LogP contribution in [-0.4, -0.2) is 42.4 Å². The van der Waals surface area contributed by atoms with Crippen molar-refractivity contribution in [2.24, 2.45) is 0 Å². The molecule has 0 aliphatic carbocycles. The van der Waals surface area contributed by atoms with E-state index in [1.807, 2.05) is 4.90 Å². The number of hydrogen-bond acceptors (Lipinski definition) is 3. The second-order valence-corrected chi connectivity index (χ2v) is 4.77. The van der Waals surface area contributed by atoms with Gasteiger partial charge in [0.25, 0.3) is 0 Å². The average molecular weight is 271 g/mol. The lowest BCUT2D eigenvalue weighted by atomic mass is 10.1. The molecule has 1 aromatic carbocycles. The van der Waals surface area contributed by atoms with Gasteiger partial charge < -0.3 is 9.84 Å². The van der Waals surface area contributed by atoms with Gasteiger partial charge in [0.2, 0.25) is 0 Å². The van der Waals surface area contributed by atoms with Crippen molar-refractivity contribution >= 4 is 0 Å². The fourth-order valence-corrected chi connectivity index (χ4v) is 2.36. The van der Waals surface area contributed by atoms with E-state index in [2.05, 4.69) is 0 Å². The zero-order valence-electron chi connectivity index (χ0n) is 10.8. The summed E-state index contributed by atoms with van der Waals surface area (Å²) < 4.78 is 32.5. The number of rotatable bonds is 5. The highest BCUT2D eigenvalue weighted by Crippen LogP contribution is 2.19. The molecule has 0 saturated carbocycles. The number of benzene rings is 1. The highest BCUT2D eigenvalue weighted by atomic mass is 19.1. The van der Waals surface area contributed by atoms with Gasteiger partial charge in [-0.25, -0.2) is 8.78 Å². The number of ether oxygens (including phenoxy) is 1. The molecule has 1 saturated heterocycles. The molecule has 1 aliphatic heterocycles. The van der Waals surface area contributed by atoms with Gasteiger partial charge in [-0.15, -0.1) is 0 Å². The SMILES string of the molecule is OCCOC1CCN(Cc2c(F)cccc2F)CC1. The zero-order valence-corrected chi connectivity index (χ0v) is 10.8. The van der Waals surface area contributed by atoms with E-state index in [9.17, 15) is 8.78 Å². The summed E-state index contributed by atoms with van der Waals surface area (Å²) in [5, 5.41) is 8.69. The Kier molecular flexibility index (Phi) is 5.24. The molecule has 0 unspecified atom stereocenters. The highest BCUT2D eigenvalue weighted by molar-refractivity contribution is 5.19. The van der Waals surface area contributed by atoms with E-state index in [1.54, 1.807) is 0 Å². The monoisotopic (exact) mass is 271 g/mol. The van der Waals surface area contributed by atoms with Gasteiger partial charge in [-0.3, -0.25) is 4.90 Å². The molecule has 0 spiro atoms. The third-order valence-electron chi connectivity index (χ3n) is 3.42. The van der Waals surface area contributed by atoms with E-state index < -0.39 is 11.6 Å². The number of nitrogens with zero attached hydrogens (tertiary/aromatic N) is 1. The largest absolute Gasteiger partial charge is 0.394 e. The minimum Gasteiger partial charge on any atom is -0.394 e. The van der Waals surface area contributed by atoms with Gasteiger partial charge in [-0.05, 0) is 25.0 Å². The summed E-state index contributed by atoms with van der Waals surface area (Å²) in [4.78, 5) is 2.03. The van der Waals surface area contributed by atoms with Crippen LogP contribution >= 0.6 is 0 Å². The van der Waals surface area contributed by atoms with Crippen LogP contribution in [0.2, 0.25) is 0 Å². The third kappa shape index (κ3) is 3.96. The number of aliphatic hydroxyl groups excluding tert-OH is 1. The van der Waals surface area contributed by atoms with Gasteiger partial charge >= 0.3 is 0 Å². The quantitative estimate of drug-likeness (QED) is 0.888. The second kappa shape index (κ2) is 6.93. The van der Waals surface area contributed by atoms with Crippen LogP contribution in [0.25, 0.3) is 0 Å². The smallest absolute Gasteiger partial charge is 0.130 e. The Morgan fingerprint density at radius 1 is 1.21 bits per heavy atom. The molecular formula is C14H19F2NO2. The van der Waals surface area contributed by atoms with E-state index in [4.69, 9.17) is 9.84 Å². The number of aliphatic hydroxyl groups is 1. The Morgan fingerprint density at radius 3 is 2.42 bits per heavy atom. The van der Waals surface area contributed by atoms with Crippen LogP contribution in [-0.2, 0) is 11.3 Å². The molecule has 106 valence electrons. The van der Waals surface area contributed by atoms with Gasteiger partial charge in [0.05, 0.1) is 19.3 Å². The van der Waals surface area contributed by atoms with Crippen LogP contribution in [0.3, 0.4) is 0 Å². The van der Waals surface area contributed by atoms with Crippen molar-refractivity contribution in [1.29, 1.82) is 0 Å². The summed E-state index contributed by atoms with van der Waals surface area (Å²) in [6, 6.07) is 3.95. The van der Waals surface area contributed by atoms with E-state index in [1.165, 1.54) is 18.2 Å². The summed E-state index contributed by atoms with van der Waals surface area (Å²) in [5.74, 6) is -0.975. The van der Waals surface area contributed by atoms with Gasteiger partial charge in [-0.2, -0.15) is 0 Å². The summed E-state index contributed by atoms with van der Waals surface area (Å²) in [5.41, 5.74) is 0.136. The third-order valence-corrected chi connectivity index (χ3v) is 3.42. The number of likely N-dealkylation sites (tertiary alicyclic amines) is 1. The van der Waals surface area contributed by atoms with Crippen molar-refractivity contribution in [1.82, 2.24) is 4.90 Å². The molecule has 19 heavy (non-hydrogen) atoms. The average Bonchev–Trinajstić information content (AvgIpc) is 2.42. The molecule has 1 aliphatic rings. The highest BCUT2D eigenvalue weighted by Gasteiger charge is 2.21. The minimum absolute atomic E-state index is 0.0284. The number of hydrogen-bond donors (Lipinski definition) is 1. The van der Waals surface area contributed by atoms with Crippen LogP contribution in [0.4, 0.5) is 8.78 Å². The normalized spacial score (nSPS) is 17.8. The van der Waals surface area contributed by atoms with Crippen molar-refractivity contribution < 1.29 is 18.6 Å². The maximum Gasteiger partial charge on any atom is 0.130 e. The topological polar surface area (TPSA) is 32.7 Å². The summed E-state index contributed by atoms with van der Waals surface area (Å²) in [6.07, 6.45) is 1.81. The maximum absolute atomic E-state index is 13.5. The molecule has 1 heterocycles. The van der Waals surface area contributed by atoms with Crippen molar-refractivity contribution in [2.75, 3.05) is 26.3 Å². The lowest BCUT2D eigenvalue weighted by Gasteiger charge is -2.31. The van der Waals surface area contributed by atoms with Crippen molar-refractivity contribution in [3.8, 4) is 0 Å². The molecule has 2 rings (SSSR count). The van der Waals surface area contributed by atoms with Crippen LogP contribution in [0.1, 0.15) is 18.4 Å². The molecule has 1 N–H and O–H groups in total. The molecule has 0 aromatic heterocycles. The van der Waals surface area contributed by atoms with Gasteiger partial charge in [0, 0.05) is 25.2 Å². The Balaban J connectivity index is 1.85. The van der Waals surface area contributed by atoms with Crippen molar-refractivity contribution in [3.05, 3.63) is 35.4 Å². The van der Waals surface area contributed by atoms with Gasteiger partial charge in [0.1, 0.15) is 11.6 Å². The van der Waals surface area contributed by atoms with Gasteiger partial charge in [0.15, 0.2) is 0 Å². The van der Waals surface area contributed by atoms with E-state index in [-0.39, 0.29) is 18.3 Å². The van der Waals surface area contributed by atoms with Crippen molar-refractivity contribution in [3.63, 3.8) is 0 Å². The Bertz CT molecular complexity index is 386. The van der Waals surface area contributed by atoms with E-state index in [0.29, 0.717) is 13.2 Å². The lowest BCUT2D eigenvalue weighted by Crippen LogP contribution is -2.37. The van der Waals surface area contributed by atoms with Crippen LogP contribution in [0, 0.1) is 11.6 Å². The summed E-state index contributed by atoms with van der Waals surface area (Å²) in [7, 11) is 0. The first kappa shape index (κ1) is 14.4. The standard InChI is InChI=1S/C14H19F2NO2/c15-13-2-1-3-14(16)12(13)10-17-6-4-11(5-7-17)19-9-8-18/h1-3,11,18H,4-10H2. The van der Waals surface area contributed by atoms with Crippen molar-refractivity contribution in [2.45, 2.75) is 25.5 Å².